The fourth-order valence-electron chi connectivity index (χ4n) is 2.62. The van der Waals surface area contributed by atoms with Crippen LogP contribution in [0.5, 0.6) is 0 Å². The Hall–Kier alpha value is -2.54. The number of benzene rings is 1. The van der Waals surface area contributed by atoms with Gasteiger partial charge in [-0.1, -0.05) is 37.6 Å². The Labute approximate surface area is 170 Å². The molecule has 0 atom stereocenters. The van der Waals surface area contributed by atoms with Crippen LogP contribution >= 0.6 is 11.6 Å². The van der Waals surface area contributed by atoms with Crippen LogP contribution in [-0.2, 0) is 22.6 Å². The molecule has 1 aromatic carbocycles. The minimum Gasteiger partial charge on any atom is -0.452 e. The first-order valence-electron chi connectivity index (χ1n) is 9.12. The molecular formula is C20H27ClN4O3. The molecular weight excluding hydrogens is 380 g/mol. The van der Waals surface area contributed by atoms with Crippen LogP contribution in [0.15, 0.2) is 24.3 Å². The summed E-state index contributed by atoms with van der Waals surface area (Å²) in [4.78, 5) is 26.3. The summed E-state index contributed by atoms with van der Waals surface area (Å²) in [5.74, 6) is -0.699. The summed E-state index contributed by atoms with van der Waals surface area (Å²) in [6, 6.07) is 7.82. The normalized spacial score (nSPS) is 10.8. The van der Waals surface area contributed by atoms with Crippen LogP contribution in [0.25, 0.3) is 0 Å². The number of hydrogen-bond acceptors (Lipinski definition) is 5. The monoisotopic (exact) mass is 406 g/mol. The zero-order valence-electron chi connectivity index (χ0n) is 17.0. The largest absolute Gasteiger partial charge is 0.452 e. The van der Waals surface area contributed by atoms with Crippen molar-refractivity contribution in [2.24, 2.45) is 5.92 Å². The van der Waals surface area contributed by atoms with Crippen LogP contribution in [0.4, 0.5) is 5.69 Å². The summed E-state index contributed by atoms with van der Waals surface area (Å²) < 4.78 is 6.69. The van der Waals surface area contributed by atoms with Crippen molar-refractivity contribution in [1.82, 2.24) is 15.1 Å². The molecule has 0 radical (unpaired) electrons. The van der Waals surface area contributed by atoms with E-state index < -0.39 is 5.97 Å². The maximum atomic E-state index is 12.3. The molecule has 1 heterocycles. The first kappa shape index (κ1) is 21.8. The molecule has 1 N–H and O–H groups in total. The van der Waals surface area contributed by atoms with E-state index in [2.05, 4.69) is 10.4 Å². The van der Waals surface area contributed by atoms with Crippen molar-refractivity contribution in [2.75, 3.05) is 25.6 Å². The quantitative estimate of drug-likeness (QED) is 0.682. The summed E-state index contributed by atoms with van der Waals surface area (Å²) in [7, 11) is 3.93. The smallest absolute Gasteiger partial charge is 0.343 e. The number of hydrogen-bond donors (Lipinski definition) is 1. The standard InChI is InChI=1S/C20H27ClN4O3/c1-13(2)11-25-19(21)18(14(3)23-25)20(27)28-12-17(26)22-10-15-6-8-16(9-7-15)24(4)5/h6-9,13H,10-12H2,1-5H3,(H,22,26). The molecule has 0 aliphatic carbocycles. The Bertz CT molecular complexity index is 829. The van der Waals surface area contributed by atoms with Crippen molar-refractivity contribution in [3.8, 4) is 0 Å². The van der Waals surface area contributed by atoms with Crippen molar-refractivity contribution in [1.29, 1.82) is 0 Å². The highest BCUT2D eigenvalue weighted by atomic mass is 35.5. The van der Waals surface area contributed by atoms with Gasteiger partial charge < -0.3 is 15.0 Å². The summed E-state index contributed by atoms with van der Waals surface area (Å²) in [6.45, 7) is 6.33. The van der Waals surface area contributed by atoms with Gasteiger partial charge in [-0.05, 0) is 30.5 Å². The molecule has 0 spiro atoms. The van der Waals surface area contributed by atoms with Gasteiger partial charge in [-0.15, -0.1) is 0 Å². The fraction of sp³-hybridized carbons (Fsp3) is 0.450. The van der Waals surface area contributed by atoms with Crippen LogP contribution in [0.2, 0.25) is 5.15 Å². The molecule has 1 amide bonds. The maximum Gasteiger partial charge on any atom is 0.343 e. The second kappa shape index (κ2) is 9.59. The Morgan fingerprint density at radius 3 is 2.46 bits per heavy atom. The molecule has 7 nitrogen and oxygen atoms in total. The second-order valence-corrected chi connectivity index (χ2v) is 7.60. The zero-order valence-corrected chi connectivity index (χ0v) is 17.7. The van der Waals surface area contributed by atoms with Gasteiger partial charge in [0.2, 0.25) is 0 Å². The van der Waals surface area contributed by atoms with Crippen LogP contribution in [-0.4, -0.2) is 42.4 Å². The number of anilines is 1. The number of nitrogens with one attached hydrogen (secondary N) is 1. The van der Waals surface area contributed by atoms with E-state index in [1.807, 2.05) is 57.1 Å². The summed E-state index contributed by atoms with van der Waals surface area (Å²) >= 11 is 6.26. The van der Waals surface area contributed by atoms with Gasteiger partial charge in [0.05, 0.1) is 5.69 Å². The molecule has 0 unspecified atom stereocenters. The minimum atomic E-state index is -0.650. The Kier molecular flexibility index (Phi) is 7.45. The number of ether oxygens (including phenoxy) is 1. The van der Waals surface area contributed by atoms with Gasteiger partial charge in [-0.3, -0.25) is 9.48 Å². The molecule has 2 rings (SSSR count). The highest BCUT2D eigenvalue weighted by molar-refractivity contribution is 6.32. The van der Waals surface area contributed by atoms with Crippen molar-refractivity contribution < 1.29 is 14.3 Å². The molecule has 2 aromatic rings. The first-order valence-corrected chi connectivity index (χ1v) is 9.49. The van der Waals surface area contributed by atoms with Gasteiger partial charge in [-0.25, -0.2) is 4.79 Å². The lowest BCUT2D eigenvalue weighted by molar-refractivity contribution is -0.124. The molecule has 0 aliphatic rings. The van der Waals surface area contributed by atoms with E-state index in [0.29, 0.717) is 24.7 Å². The molecule has 0 saturated heterocycles. The van der Waals surface area contributed by atoms with E-state index in [1.165, 1.54) is 0 Å². The SMILES string of the molecule is Cc1nn(CC(C)C)c(Cl)c1C(=O)OCC(=O)NCc1ccc(N(C)C)cc1. The fourth-order valence-corrected chi connectivity index (χ4v) is 2.94. The van der Waals surface area contributed by atoms with Gasteiger partial charge in [-0.2, -0.15) is 5.10 Å². The molecule has 0 fully saturated rings. The number of halogens is 1. The third-order valence-electron chi connectivity index (χ3n) is 4.08. The number of esters is 1. The van der Waals surface area contributed by atoms with Crippen LogP contribution in [0.1, 0.15) is 35.5 Å². The van der Waals surface area contributed by atoms with E-state index in [4.69, 9.17) is 16.3 Å². The van der Waals surface area contributed by atoms with E-state index in [0.717, 1.165) is 11.3 Å². The van der Waals surface area contributed by atoms with E-state index in [1.54, 1.807) is 11.6 Å². The topological polar surface area (TPSA) is 76.5 Å². The Morgan fingerprint density at radius 1 is 1.25 bits per heavy atom. The molecule has 0 bridgehead atoms. The van der Waals surface area contributed by atoms with Crippen molar-refractivity contribution in [3.05, 3.63) is 46.2 Å². The predicted octanol–water partition coefficient (Wildman–Crippen LogP) is 3.04. The van der Waals surface area contributed by atoms with Crippen LogP contribution in [0.3, 0.4) is 0 Å². The molecule has 8 heteroatoms. The van der Waals surface area contributed by atoms with Crippen LogP contribution in [0, 0.1) is 12.8 Å². The van der Waals surface area contributed by atoms with Gasteiger partial charge in [0.15, 0.2) is 6.61 Å². The van der Waals surface area contributed by atoms with E-state index in [-0.39, 0.29) is 23.2 Å². The van der Waals surface area contributed by atoms with Crippen molar-refractivity contribution in [2.45, 2.75) is 33.9 Å². The molecule has 28 heavy (non-hydrogen) atoms. The van der Waals surface area contributed by atoms with Gasteiger partial charge in [0, 0.05) is 32.9 Å². The first-order chi connectivity index (χ1) is 13.2. The van der Waals surface area contributed by atoms with Crippen molar-refractivity contribution in [3.63, 3.8) is 0 Å². The number of rotatable bonds is 8. The predicted molar refractivity (Wildman–Crippen MR) is 110 cm³/mol. The third kappa shape index (κ3) is 5.73. The average Bonchev–Trinajstić information content (AvgIpc) is 2.91. The summed E-state index contributed by atoms with van der Waals surface area (Å²) in [5, 5.41) is 7.24. The Morgan fingerprint density at radius 2 is 1.89 bits per heavy atom. The number of nitrogens with zero attached hydrogens (tertiary/aromatic N) is 3. The lowest BCUT2D eigenvalue weighted by atomic mass is 10.2. The number of aromatic nitrogens is 2. The maximum absolute atomic E-state index is 12.3. The molecule has 1 aromatic heterocycles. The number of amides is 1. The third-order valence-corrected chi connectivity index (χ3v) is 4.47. The minimum absolute atomic E-state index is 0.203. The molecule has 0 saturated carbocycles. The number of aryl methyl sites for hydroxylation is 1. The number of carbonyl (C=O) groups excluding carboxylic acids is 2. The van der Waals surface area contributed by atoms with Crippen LogP contribution < -0.4 is 10.2 Å². The van der Waals surface area contributed by atoms with Gasteiger partial charge >= 0.3 is 5.97 Å². The second-order valence-electron chi connectivity index (χ2n) is 7.24. The highest BCUT2D eigenvalue weighted by Gasteiger charge is 2.22. The summed E-state index contributed by atoms with van der Waals surface area (Å²) in [5.41, 5.74) is 2.72. The van der Waals surface area contributed by atoms with E-state index >= 15 is 0 Å². The lowest BCUT2D eigenvalue weighted by Gasteiger charge is -2.13. The highest BCUT2D eigenvalue weighted by Crippen LogP contribution is 2.21. The summed E-state index contributed by atoms with van der Waals surface area (Å²) in [6.07, 6.45) is 0. The lowest BCUT2D eigenvalue weighted by Crippen LogP contribution is -2.28. The molecule has 0 aliphatic heterocycles. The molecule has 152 valence electrons. The average molecular weight is 407 g/mol. The van der Waals surface area contributed by atoms with Gasteiger partial charge in [0.25, 0.3) is 5.91 Å². The van der Waals surface area contributed by atoms with E-state index in [9.17, 15) is 9.59 Å². The van der Waals surface area contributed by atoms with Crippen molar-refractivity contribution >= 4 is 29.2 Å². The number of carbonyl (C=O) groups is 2. The Balaban J connectivity index is 1.87. The zero-order chi connectivity index (χ0) is 20.8. The van der Waals surface area contributed by atoms with Gasteiger partial charge in [0.1, 0.15) is 10.7 Å².